The minimum atomic E-state index is -0.488. The molecule has 1 amide bonds. The topological polar surface area (TPSA) is 112 Å². The fourth-order valence-corrected chi connectivity index (χ4v) is 1.67. The van der Waals surface area contributed by atoms with Gasteiger partial charge in [0, 0.05) is 25.1 Å². The summed E-state index contributed by atoms with van der Waals surface area (Å²) >= 11 is 0. The van der Waals surface area contributed by atoms with Gasteiger partial charge in [-0.05, 0) is 0 Å². The molecule has 4 N–H and O–H groups in total. The fraction of sp³-hybridized carbons (Fsp3) is 0.444. The minimum absolute atomic E-state index is 0.0279. The van der Waals surface area contributed by atoms with Gasteiger partial charge in [-0.25, -0.2) is 4.98 Å². The summed E-state index contributed by atoms with van der Waals surface area (Å²) in [6, 6.07) is 1.38. The van der Waals surface area contributed by atoms with Gasteiger partial charge in [0.1, 0.15) is 6.61 Å². The highest BCUT2D eigenvalue weighted by Crippen LogP contribution is 2.24. The van der Waals surface area contributed by atoms with Gasteiger partial charge in [-0.2, -0.15) is 0 Å². The molecule has 1 aromatic heterocycles. The smallest absolute Gasteiger partial charge is 0.252 e. The normalized spacial score (nSPS) is 15.9. The maximum Gasteiger partial charge on any atom is 0.252 e. The Kier molecular flexibility index (Phi) is 2.61. The number of nitrogens with two attached hydrogens (primary N) is 1. The molecule has 0 bridgehead atoms. The molecule has 1 aromatic rings. The Morgan fingerprint density at radius 1 is 1.69 bits per heavy atom. The summed E-state index contributed by atoms with van der Waals surface area (Å²) in [6.07, 6.45) is 0. The molecule has 0 saturated carbocycles. The van der Waals surface area contributed by atoms with Crippen molar-refractivity contribution in [2.75, 3.05) is 25.4 Å². The molecule has 1 aliphatic heterocycles. The fourth-order valence-electron chi connectivity index (χ4n) is 1.67. The molecular formula is C9H12N4O3. The van der Waals surface area contributed by atoms with Crippen LogP contribution in [0.25, 0.3) is 0 Å². The van der Waals surface area contributed by atoms with Gasteiger partial charge in [0.2, 0.25) is 11.9 Å². The summed E-state index contributed by atoms with van der Waals surface area (Å²) in [7, 11) is 0. The van der Waals surface area contributed by atoms with Gasteiger partial charge in [-0.3, -0.25) is 14.6 Å². The number of hydrogen-bond donors (Lipinski definition) is 3. The molecule has 1 aliphatic rings. The number of aromatic nitrogens is 2. The number of carbonyl (C=O) groups excluding carboxylic acids is 1. The van der Waals surface area contributed by atoms with Crippen LogP contribution in [0.15, 0.2) is 10.9 Å². The SMILES string of the molecule is Nc1nc(C2CN(C(=O)CO)C2)cc(=O)[nH]1. The zero-order valence-corrected chi connectivity index (χ0v) is 8.51. The van der Waals surface area contributed by atoms with Crippen molar-refractivity contribution >= 4 is 11.9 Å². The molecular weight excluding hydrogens is 212 g/mol. The number of carbonyl (C=O) groups is 1. The predicted octanol–water partition coefficient (Wildman–Crippen LogP) is -1.73. The molecule has 0 atom stereocenters. The molecule has 0 radical (unpaired) electrons. The molecule has 0 unspecified atom stereocenters. The van der Waals surface area contributed by atoms with E-state index in [0.29, 0.717) is 18.8 Å². The van der Waals surface area contributed by atoms with Gasteiger partial charge in [-0.1, -0.05) is 0 Å². The van der Waals surface area contributed by atoms with Crippen molar-refractivity contribution in [1.82, 2.24) is 14.9 Å². The molecule has 0 aromatic carbocycles. The Bertz CT molecular complexity index is 464. The molecule has 7 heteroatoms. The lowest BCUT2D eigenvalue weighted by Crippen LogP contribution is -2.50. The van der Waals surface area contributed by atoms with Crippen molar-refractivity contribution in [3.05, 3.63) is 22.1 Å². The van der Waals surface area contributed by atoms with Crippen LogP contribution in [0.1, 0.15) is 11.6 Å². The number of nitrogen functional groups attached to an aromatic ring is 1. The van der Waals surface area contributed by atoms with E-state index in [4.69, 9.17) is 10.8 Å². The van der Waals surface area contributed by atoms with E-state index >= 15 is 0 Å². The Balaban J connectivity index is 2.06. The van der Waals surface area contributed by atoms with E-state index in [1.54, 1.807) is 0 Å². The molecule has 1 fully saturated rings. The van der Waals surface area contributed by atoms with E-state index in [0.717, 1.165) is 0 Å². The van der Waals surface area contributed by atoms with Crippen LogP contribution >= 0.6 is 0 Å². The van der Waals surface area contributed by atoms with E-state index in [-0.39, 0.29) is 23.3 Å². The molecule has 1 saturated heterocycles. The van der Waals surface area contributed by atoms with Crippen LogP contribution in [0.3, 0.4) is 0 Å². The maximum atomic E-state index is 11.1. The second-order valence-electron chi connectivity index (χ2n) is 3.71. The number of aliphatic hydroxyl groups is 1. The largest absolute Gasteiger partial charge is 0.387 e. The summed E-state index contributed by atoms with van der Waals surface area (Å²) < 4.78 is 0. The average molecular weight is 224 g/mol. The molecule has 16 heavy (non-hydrogen) atoms. The lowest BCUT2D eigenvalue weighted by molar-refractivity contribution is -0.138. The summed E-state index contributed by atoms with van der Waals surface area (Å²) in [5, 5.41) is 8.63. The first kappa shape index (κ1) is 10.6. The zero-order chi connectivity index (χ0) is 11.7. The minimum Gasteiger partial charge on any atom is -0.387 e. The van der Waals surface area contributed by atoms with E-state index in [2.05, 4.69) is 9.97 Å². The predicted molar refractivity (Wildman–Crippen MR) is 55.7 cm³/mol. The summed E-state index contributed by atoms with van der Waals surface area (Å²) in [5.74, 6) is -0.205. The van der Waals surface area contributed by atoms with E-state index < -0.39 is 6.61 Å². The van der Waals surface area contributed by atoms with Crippen molar-refractivity contribution in [3.63, 3.8) is 0 Å². The lowest BCUT2D eigenvalue weighted by atomic mass is 9.96. The third-order valence-corrected chi connectivity index (χ3v) is 2.57. The highest BCUT2D eigenvalue weighted by Gasteiger charge is 2.32. The Hall–Kier alpha value is -1.89. The Labute approximate surface area is 90.9 Å². The second-order valence-corrected chi connectivity index (χ2v) is 3.71. The molecule has 2 heterocycles. The number of anilines is 1. The van der Waals surface area contributed by atoms with Gasteiger partial charge in [0.05, 0.1) is 5.69 Å². The maximum absolute atomic E-state index is 11.1. The number of hydrogen-bond acceptors (Lipinski definition) is 5. The average Bonchev–Trinajstić information content (AvgIpc) is 2.13. The monoisotopic (exact) mass is 224 g/mol. The van der Waals surface area contributed by atoms with Crippen molar-refractivity contribution in [2.24, 2.45) is 0 Å². The van der Waals surface area contributed by atoms with Crippen molar-refractivity contribution in [3.8, 4) is 0 Å². The van der Waals surface area contributed by atoms with Gasteiger partial charge < -0.3 is 15.7 Å². The summed E-state index contributed by atoms with van der Waals surface area (Å²) in [5.41, 5.74) is 5.70. The van der Waals surface area contributed by atoms with Crippen molar-refractivity contribution in [1.29, 1.82) is 0 Å². The molecule has 7 nitrogen and oxygen atoms in total. The third-order valence-electron chi connectivity index (χ3n) is 2.57. The van der Waals surface area contributed by atoms with Crippen LogP contribution < -0.4 is 11.3 Å². The number of aromatic amines is 1. The number of rotatable bonds is 2. The third kappa shape index (κ3) is 1.89. The molecule has 86 valence electrons. The molecule has 0 aliphatic carbocycles. The summed E-state index contributed by atoms with van der Waals surface area (Å²) in [4.78, 5) is 30.0. The van der Waals surface area contributed by atoms with Gasteiger partial charge in [0.15, 0.2) is 0 Å². The van der Waals surface area contributed by atoms with Crippen molar-refractivity contribution in [2.45, 2.75) is 5.92 Å². The van der Waals surface area contributed by atoms with Gasteiger partial charge in [-0.15, -0.1) is 0 Å². The van der Waals surface area contributed by atoms with Crippen LogP contribution in [-0.2, 0) is 4.79 Å². The second kappa shape index (κ2) is 3.93. The van der Waals surface area contributed by atoms with Crippen LogP contribution in [0, 0.1) is 0 Å². The van der Waals surface area contributed by atoms with Crippen LogP contribution in [-0.4, -0.2) is 45.6 Å². The quantitative estimate of drug-likeness (QED) is 0.552. The molecule has 0 spiro atoms. The van der Waals surface area contributed by atoms with Gasteiger partial charge >= 0.3 is 0 Å². The van der Waals surface area contributed by atoms with Crippen LogP contribution in [0.2, 0.25) is 0 Å². The number of nitrogens with zero attached hydrogens (tertiary/aromatic N) is 2. The first-order chi connectivity index (χ1) is 7.60. The lowest BCUT2D eigenvalue weighted by Gasteiger charge is -2.38. The number of likely N-dealkylation sites (tertiary alicyclic amines) is 1. The zero-order valence-electron chi connectivity index (χ0n) is 8.51. The first-order valence-corrected chi connectivity index (χ1v) is 4.85. The van der Waals surface area contributed by atoms with Gasteiger partial charge in [0.25, 0.3) is 5.56 Å². The number of aliphatic hydroxyl groups excluding tert-OH is 1. The van der Waals surface area contributed by atoms with Crippen LogP contribution in [0.4, 0.5) is 5.95 Å². The number of nitrogens with one attached hydrogen (secondary N) is 1. The first-order valence-electron chi connectivity index (χ1n) is 4.85. The Morgan fingerprint density at radius 3 is 2.94 bits per heavy atom. The highest BCUT2D eigenvalue weighted by atomic mass is 16.3. The highest BCUT2D eigenvalue weighted by molar-refractivity contribution is 5.78. The number of amides is 1. The number of H-pyrrole nitrogens is 1. The summed E-state index contributed by atoms with van der Waals surface area (Å²) in [6.45, 7) is 0.447. The van der Waals surface area contributed by atoms with Crippen molar-refractivity contribution < 1.29 is 9.90 Å². The van der Waals surface area contributed by atoms with E-state index in [1.165, 1.54) is 11.0 Å². The standard InChI is InChI=1S/C9H12N4O3/c10-9-11-6(1-7(15)12-9)5-2-13(3-5)8(16)4-14/h1,5,14H,2-4H2,(H3,10,11,12,15). The Morgan fingerprint density at radius 2 is 2.38 bits per heavy atom. The van der Waals surface area contributed by atoms with E-state index in [1.807, 2.05) is 0 Å². The van der Waals surface area contributed by atoms with Crippen LogP contribution in [0.5, 0.6) is 0 Å². The molecule has 2 rings (SSSR count). The van der Waals surface area contributed by atoms with E-state index in [9.17, 15) is 9.59 Å².